The van der Waals surface area contributed by atoms with E-state index in [1.54, 1.807) is 4.68 Å². The van der Waals surface area contributed by atoms with E-state index in [0.717, 1.165) is 38.2 Å². The Morgan fingerprint density at radius 2 is 2.27 bits per heavy atom. The Morgan fingerprint density at radius 1 is 1.55 bits per heavy atom. The van der Waals surface area contributed by atoms with Crippen LogP contribution in [0.1, 0.15) is 38.9 Å². The summed E-state index contributed by atoms with van der Waals surface area (Å²) in [4.78, 5) is 14.1. The highest BCUT2D eigenvalue weighted by atomic mass is 16.5. The number of nitrogens with zero attached hydrogens (tertiary/aromatic N) is 3. The third-order valence-corrected chi connectivity index (χ3v) is 4.40. The molecule has 124 valence electrons. The molecule has 0 bridgehead atoms. The predicted octanol–water partition coefficient (Wildman–Crippen LogP) is 1.34. The number of likely N-dealkylation sites (N-methyl/N-ethyl adjacent to an activating group) is 1. The Balaban J connectivity index is 1.89. The second kappa shape index (κ2) is 7.74. The highest BCUT2D eigenvalue weighted by Crippen LogP contribution is 2.33. The van der Waals surface area contributed by atoms with Crippen LogP contribution in [0, 0.1) is 5.92 Å². The first-order chi connectivity index (χ1) is 10.6. The summed E-state index contributed by atoms with van der Waals surface area (Å²) in [6, 6.07) is -0.157. The van der Waals surface area contributed by atoms with Gasteiger partial charge in [-0.1, -0.05) is 0 Å². The SMILES string of the molecule is CCN(CC)C(=O)[C@H](C)NC[C@H]1CCO[C@@H]1c1cnn(C)c1. The topological polar surface area (TPSA) is 59.4 Å². The van der Waals surface area contributed by atoms with Crippen LogP contribution in [0.2, 0.25) is 0 Å². The molecule has 1 N–H and O–H groups in total. The number of rotatable bonds is 7. The van der Waals surface area contributed by atoms with Gasteiger partial charge in [-0.2, -0.15) is 5.10 Å². The summed E-state index contributed by atoms with van der Waals surface area (Å²) in [5.41, 5.74) is 1.12. The van der Waals surface area contributed by atoms with Gasteiger partial charge in [0.1, 0.15) is 0 Å². The normalized spacial score (nSPS) is 22.7. The van der Waals surface area contributed by atoms with E-state index in [1.165, 1.54) is 0 Å². The molecule has 0 radical (unpaired) electrons. The molecule has 0 aliphatic carbocycles. The third kappa shape index (κ3) is 3.87. The average Bonchev–Trinajstić information content (AvgIpc) is 3.14. The van der Waals surface area contributed by atoms with Gasteiger partial charge < -0.3 is 15.0 Å². The van der Waals surface area contributed by atoms with Crippen LogP contribution in [0.4, 0.5) is 0 Å². The van der Waals surface area contributed by atoms with Crippen molar-refractivity contribution in [2.45, 2.75) is 39.3 Å². The molecule has 1 aromatic heterocycles. The van der Waals surface area contributed by atoms with Crippen LogP contribution in [-0.2, 0) is 16.6 Å². The molecule has 1 aromatic rings. The summed E-state index contributed by atoms with van der Waals surface area (Å²) in [6.45, 7) is 9.03. The van der Waals surface area contributed by atoms with E-state index >= 15 is 0 Å². The molecule has 0 aromatic carbocycles. The fraction of sp³-hybridized carbons (Fsp3) is 0.750. The van der Waals surface area contributed by atoms with Crippen LogP contribution in [0.15, 0.2) is 12.4 Å². The van der Waals surface area contributed by atoms with E-state index in [9.17, 15) is 4.79 Å². The van der Waals surface area contributed by atoms with Gasteiger partial charge >= 0.3 is 0 Å². The Bertz CT molecular complexity index is 484. The molecular weight excluding hydrogens is 280 g/mol. The third-order valence-electron chi connectivity index (χ3n) is 4.40. The quantitative estimate of drug-likeness (QED) is 0.826. The zero-order valence-corrected chi connectivity index (χ0v) is 14.1. The number of amides is 1. The maximum absolute atomic E-state index is 12.3. The molecule has 6 nitrogen and oxygen atoms in total. The predicted molar refractivity (Wildman–Crippen MR) is 85.4 cm³/mol. The Kier molecular flexibility index (Phi) is 5.97. The first-order valence-electron chi connectivity index (χ1n) is 8.19. The molecule has 22 heavy (non-hydrogen) atoms. The Labute approximate surface area is 132 Å². The van der Waals surface area contributed by atoms with Crippen LogP contribution < -0.4 is 5.32 Å². The van der Waals surface area contributed by atoms with Crippen molar-refractivity contribution in [1.29, 1.82) is 0 Å². The van der Waals surface area contributed by atoms with Gasteiger partial charge in [0.2, 0.25) is 5.91 Å². The molecule has 1 fully saturated rings. The fourth-order valence-corrected chi connectivity index (χ4v) is 3.02. The molecule has 2 rings (SSSR count). The lowest BCUT2D eigenvalue weighted by Crippen LogP contribution is -2.46. The van der Waals surface area contributed by atoms with E-state index in [0.29, 0.717) is 5.92 Å². The summed E-state index contributed by atoms with van der Waals surface area (Å²) in [5, 5.41) is 7.60. The van der Waals surface area contributed by atoms with Gasteiger partial charge in [0.15, 0.2) is 0 Å². The second-order valence-electron chi connectivity index (χ2n) is 5.93. The fourth-order valence-electron chi connectivity index (χ4n) is 3.02. The maximum atomic E-state index is 12.3. The molecule has 1 aliphatic heterocycles. The van der Waals surface area contributed by atoms with E-state index in [1.807, 2.05) is 45.1 Å². The van der Waals surface area contributed by atoms with Crippen molar-refractivity contribution in [3.63, 3.8) is 0 Å². The van der Waals surface area contributed by atoms with Crippen molar-refractivity contribution < 1.29 is 9.53 Å². The zero-order valence-electron chi connectivity index (χ0n) is 14.1. The number of carbonyl (C=O) groups excluding carboxylic acids is 1. The van der Waals surface area contributed by atoms with Gasteiger partial charge in [-0.25, -0.2) is 0 Å². The number of aromatic nitrogens is 2. The second-order valence-corrected chi connectivity index (χ2v) is 5.93. The summed E-state index contributed by atoms with van der Waals surface area (Å²) in [7, 11) is 1.91. The molecule has 2 heterocycles. The molecule has 1 aliphatic rings. The first kappa shape index (κ1) is 17.0. The van der Waals surface area contributed by atoms with E-state index in [2.05, 4.69) is 10.4 Å². The van der Waals surface area contributed by atoms with Crippen LogP contribution >= 0.6 is 0 Å². The van der Waals surface area contributed by atoms with E-state index in [-0.39, 0.29) is 18.1 Å². The lowest BCUT2D eigenvalue weighted by molar-refractivity contribution is -0.132. The molecule has 1 amide bonds. The Morgan fingerprint density at radius 3 is 2.86 bits per heavy atom. The van der Waals surface area contributed by atoms with Crippen LogP contribution in [0.5, 0.6) is 0 Å². The summed E-state index contributed by atoms with van der Waals surface area (Å²) >= 11 is 0. The largest absolute Gasteiger partial charge is 0.373 e. The minimum atomic E-state index is -0.157. The minimum absolute atomic E-state index is 0.0805. The van der Waals surface area contributed by atoms with Gasteiger partial charge in [0.25, 0.3) is 0 Å². The number of nitrogens with one attached hydrogen (secondary N) is 1. The summed E-state index contributed by atoms with van der Waals surface area (Å²) < 4.78 is 7.66. The highest BCUT2D eigenvalue weighted by molar-refractivity contribution is 5.81. The molecule has 3 atom stereocenters. The molecule has 0 unspecified atom stereocenters. The molecule has 6 heteroatoms. The number of hydrogen-bond acceptors (Lipinski definition) is 4. The van der Waals surface area contributed by atoms with Crippen molar-refractivity contribution in [2.24, 2.45) is 13.0 Å². The van der Waals surface area contributed by atoms with Crippen molar-refractivity contribution in [3.8, 4) is 0 Å². The number of ether oxygens (including phenoxy) is 1. The van der Waals surface area contributed by atoms with Crippen LogP contribution in [-0.4, -0.2) is 52.9 Å². The van der Waals surface area contributed by atoms with Gasteiger partial charge in [-0.15, -0.1) is 0 Å². The van der Waals surface area contributed by atoms with Crippen molar-refractivity contribution in [1.82, 2.24) is 20.0 Å². The highest BCUT2D eigenvalue weighted by Gasteiger charge is 2.31. The smallest absolute Gasteiger partial charge is 0.239 e. The number of hydrogen-bond donors (Lipinski definition) is 1. The van der Waals surface area contributed by atoms with Crippen molar-refractivity contribution in [3.05, 3.63) is 18.0 Å². The zero-order chi connectivity index (χ0) is 16.1. The van der Waals surface area contributed by atoms with Crippen LogP contribution in [0.25, 0.3) is 0 Å². The summed E-state index contributed by atoms with van der Waals surface area (Å²) in [6.07, 6.45) is 4.97. The average molecular weight is 308 g/mol. The van der Waals surface area contributed by atoms with Gasteiger partial charge in [0.05, 0.1) is 18.3 Å². The standard InChI is InChI=1S/C16H28N4O2/c1-5-20(6-2)16(21)12(3)17-9-13-7-8-22-15(13)14-10-18-19(4)11-14/h10-13,15,17H,5-9H2,1-4H3/t12-,13+,15-/m0/s1. The first-order valence-corrected chi connectivity index (χ1v) is 8.19. The van der Waals surface area contributed by atoms with Gasteiger partial charge in [-0.3, -0.25) is 9.48 Å². The van der Waals surface area contributed by atoms with E-state index < -0.39 is 0 Å². The van der Waals surface area contributed by atoms with Crippen molar-refractivity contribution in [2.75, 3.05) is 26.2 Å². The molecule has 0 spiro atoms. The number of carbonyl (C=O) groups is 1. The van der Waals surface area contributed by atoms with Gasteiger partial charge in [-0.05, 0) is 27.2 Å². The Hall–Kier alpha value is -1.40. The monoisotopic (exact) mass is 308 g/mol. The van der Waals surface area contributed by atoms with Gasteiger partial charge in [0, 0.05) is 51.0 Å². The van der Waals surface area contributed by atoms with E-state index in [4.69, 9.17) is 4.74 Å². The molecule has 1 saturated heterocycles. The molecular formula is C16H28N4O2. The lowest BCUT2D eigenvalue weighted by Gasteiger charge is -2.25. The molecule has 0 saturated carbocycles. The van der Waals surface area contributed by atoms with Crippen molar-refractivity contribution >= 4 is 5.91 Å². The van der Waals surface area contributed by atoms with Crippen LogP contribution in [0.3, 0.4) is 0 Å². The minimum Gasteiger partial charge on any atom is -0.373 e. The lowest BCUT2D eigenvalue weighted by atomic mass is 9.97. The number of aryl methyl sites for hydroxylation is 1. The maximum Gasteiger partial charge on any atom is 0.239 e. The summed E-state index contributed by atoms with van der Waals surface area (Å²) in [5.74, 6) is 0.554.